The number of rotatable bonds is 8. The molecule has 0 spiro atoms. The van der Waals surface area contributed by atoms with Gasteiger partial charge in [-0.05, 0) is 43.0 Å². The highest BCUT2D eigenvalue weighted by Gasteiger charge is 2.12. The molecule has 4 heteroatoms. The lowest BCUT2D eigenvalue weighted by atomic mass is 10.1. The molecular weight excluding hydrogens is 298 g/mol. The Morgan fingerprint density at radius 2 is 1.79 bits per heavy atom. The van der Waals surface area contributed by atoms with Gasteiger partial charge in [-0.2, -0.15) is 0 Å². The van der Waals surface area contributed by atoms with Crippen molar-refractivity contribution in [1.82, 2.24) is 4.98 Å². The van der Waals surface area contributed by atoms with Crippen LogP contribution in [0.3, 0.4) is 0 Å². The van der Waals surface area contributed by atoms with E-state index in [-0.39, 0.29) is 5.91 Å². The summed E-state index contributed by atoms with van der Waals surface area (Å²) in [6.07, 6.45) is 4.75. The van der Waals surface area contributed by atoms with Crippen molar-refractivity contribution >= 4 is 17.3 Å². The number of pyridine rings is 1. The third-order valence-corrected chi connectivity index (χ3v) is 3.97. The molecule has 1 N–H and O–H groups in total. The molecule has 128 valence electrons. The average Bonchev–Trinajstić information content (AvgIpc) is 2.62. The van der Waals surface area contributed by atoms with E-state index >= 15 is 0 Å². The third-order valence-electron chi connectivity index (χ3n) is 3.97. The van der Waals surface area contributed by atoms with Crippen LogP contribution in [0.4, 0.5) is 11.4 Å². The first-order chi connectivity index (χ1) is 11.7. The topological polar surface area (TPSA) is 45.2 Å². The summed E-state index contributed by atoms with van der Waals surface area (Å²) >= 11 is 0. The third kappa shape index (κ3) is 4.57. The molecule has 1 aromatic heterocycles. The summed E-state index contributed by atoms with van der Waals surface area (Å²) in [5.41, 5.74) is 3.50. The predicted molar refractivity (Wildman–Crippen MR) is 101 cm³/mol. The summed E-state index contributed by atoms with van der Waals surface area (Å²) in [4.78, 5) is 19.1. The van der Waals surface area contributed by atoms with Crippen LogP contribution in [0.1, 0.15) is 49.7 Å². The van der Waals surface area contributed by atoms with E-state index in [0.717, 1.165) is 49.3 Å². The van der Waals surface area contributed by atoms with Crippen molar-refractivity contribution < 1.29 is 4.79 Å². The smallest absolute Gasteiger partial charge is 0.274 e. The molecule has 2 rings (SSSR count). The van der Waals surface area contributed by atoms with Crippen molar-refractivity contribution in [2.24, 2.45) is 0 Å². The van der Waals surface area contributed by atoms with Crippen molar-refractivity contribution in [1.29, 1.82) is 0 Å². The number of benzene rings is 1. The Bertz CT molecular complexity index is 663. The Morgan fingerprint density at radius 1 is 1.08 bits per heavy atom. The minimum atomic E-state index is -0.161. The van der Waals surface area contributed by atoms with Gasteiger partial charge in [0.1, 0.15) is 5.69 Å². The first kappa shape index (κ1) is 18.0. The molecule has 0 unspecified atom stereocenters. The first-order valence-corrected chi connectivity index (χ1v) is 8.79. The number of carbonyl (C=O) groups excluding carboxylic acids is 1. The van der Waals surface area contributed by atoms with Crippen LogP contribution < -0.4 is 10.2 Å². The Balaban J connectivity index is 2.19. The molecule has 24 heavy (non-hydrogen) atoms. The zero-order chi connectivity index (χ0) is 17.4. The lowest BCUT2D eigenvalue weighted by Crippen LogP contribution is -2.25. The molecule has 0 bridgehead atoms. The number of nitrogens with one attached hydrogen (secondary N) is 1. The zero-order valence-electron chi connectivity index (χ0n) is 14.9. The first-order valence-electron chi connectivity index (χ1n) is 8.79. The van der Waals surface area contributed by atoms with Crippen molar-refractivity contribution in [2.75, 3.05) is 23.3 Å². The molecular formula is C20H27N3O. The normalized spacial score (nSPS) is 10.5. The summed E-state index contributed by atoms with van der Waals surface area (Å²) in [7, 11) is 0. The molecule has 0 aliphatic rings. The van der Waals surface area contributed by atoms with Gasteiger partial charge < -0.3 is 10.2 Å². The Labute approximate surface area is 144 Å². The van der Waals surface area contributed by atoms with Crippen LogP contribution in [0.15, 0.2) is 42.6 Å². The van der Waals surface area contributed by atoms with Gasteiger partial charge in [-0.1, -0.05) is 39.0 Å². The highest BCUT2D eigenvalue weighted by atomic mass is 16.1. The van der Waals surface area contributed by atoms with Crippen LogP contribution >= 0.6 is 0 Å². The van der Waals surface area contributed by atoms with Crippen LogP contribution in [-0.2, 0) is 6.42 Å². The highest BCUT2D eigenvalue weighted by molar-refractivity contribution is 6.03. The van der Waals surface area contributed by atoms with Gasteiger partial charge in [0.25, 0.3) is 5.91 Å². The minimum Gasteiger partial charge on any atom is -0.371 e. The van der Waals surface area contributed by atoms with E-state index in [2.05, 4.69) is 36.0 Å². The van der Waals surface area contributed by atoms with Gasteiger partial charge in [-0.15, -0.1) is 0 Å². The Morgan fingerprint density at radius 3 is 2.46 bits per heavy atom. The molecule has 4 nitrogen and oxygen atoms in total. The number of hydrogen-bond donors (Lipinski definition) is 1. The number of nitrogens with zero attached hydrogens (tertiary/aromatic N) is 2. The van der Waals surface area contributed by atoms with E-state index in [1.807, 2.05) is 36.4 Å². The number of aryl methyl sites for hydroxylation is 1. The van der Waals surface area contributed by atoms with Gasteiger partial charge >= 0.3 is 0 Å². The van der Waals surface area contributed by atoms with Crippen LogP contribution in [0.5, 0.6) is 0 Å². The molecule has 0 aliphatic heterocycles. The van der Waals surface area contributed by atoms with E-state index in [1.54, 1.807) is 6.20 Å². The molecule has 2 aromatic rings. The van der Waals surface area contributed by atoms with E-state index in [1.165, 1.54) is 0 Å². The molecule has 1 heterocycles. The maximum atomic E-state index is 12.6. The van der Waals surface area contributed by atoms with Crippen LogP contribution in [0.2, 0.25) is 0 Å². The second-order valence-corrected chi connectivity index (χ2v) is 5.85. The number of aromatic nitrogens is 1. The van der Waals surface area contributed by atoms with Gasteiger partial charge in [-0.3, -0.25) is 9.78 Å². The SMILES string of the molecule is CCCN(CCC)c1ccnc(C(=O)Nc2ccccc2CC)c1. The van der Waals surface area contributed by atoms with Gasteiger partial charge in [0.2, 0.25) is 0 Å². The number of amides is 1. The lowest BCUT2D eigenvalue weighted by Gasteiger charge is -2.24. The standard InChI is InChI=1S/C20H27N3O/c1-4-13-23(14-5-2)17-11-12-21-19(15-17)20(24)22-18-10-8-7-9-16(18)6-3/h7-12,15H,4-6,13-14H2,1-3H3,(H,22,24). The summed E-state index contributed by atoms with van der Waals surface area (Å²) < 4.78 is 0. The van der Waals surface area contributed by atoms with E-state index in [9.17, 15) is 4.79 Å². The second kappa shape index (κ2) is 9.06. The summed E-state index contributed by atoms with van der Waals surface area (Å²) in [6, 6.07) is 11.7. The van der Waals surface area contributed by atoms with E-state index in [4.69, 9.17) is 0 Å². The van der Waals surface area contributed by atoms with Crippen molar-refractivity contribution in [2.45, 2.75) is 40.0 Å². The molecule has 0 aliphatic carbocycles. The fourth-order valence-corrected chi connectivity index (χ4v) is 2.79. The average molecular weight is 325 g/mol. The van der Waals surface area contributed by atoms with Gasteiger partial charge in [0, 0.05) is 30.7 Å². The molecule has 0 saturated carbocycles. The van der Waals surface area contributed by atoms with Gasteiger partial charge in [0.05, 0.1) is 0 Å². The van der Waals surface area contributed by atoms with Crippen LogP contribution in [-0.4, -0.2) is 24.0 Å². The fraction of sp³-hybridized carbons (Fsp3) is 0.400. The molecule has 0 radical (unpaired) electrons. The number of carbonyl (C=O) groups is 1. The summed E-state index contributed by atoms with van der Waals surface area (Å²) in [5, 5.41) is 2.99. The van der Waals surface area contributed by atoms with E-state index in [0.29, 0.717) is 5.69 Å². The monoisotopic (exact) mass is 325 g/mol. The minimum absolute atomic E-state index is 0.161. The Hall–Kier alpha value is -2.36. The molecule has 1 aromatic carbocycles. The maximum Gasteiger partial charge on any atom is 0.274 e. The summed E-state index contributed by atoms with van der Waals surface area (Å²) in [5.74, 6) is -0.161. The maximum absolute atomic E-state index is 12.6. The van der Waals surface area contributed by atoms with Crippen molar-refractivity contribution in [3.05, 3.63) is 53.9 Å². The number of hydrogen-bond acceptors (Lipinski definition) is 3. The molecule has 0 saturated heterocycles. The van der Waals surface area contributed by atoms with E-state index < -0.39 is 0 Å². The second-order valence-electron chi connectivity index (χ2n) is 5.85. The molecule has 0 atom stereocenters. The highest BCUT2D eigenvalue weighted by Crippen LogP contribution is 2.19. The summed E-state index contributed by atoms with van der Waals surface area (Å²) in [6.45, 7) is 8.38. The lowest BCUT2D eigenvalue weighted by molar-refractivity contribution is 0.102. The van der Waals surface area contributed by atoms with Gasteiger partial charge in [-0.25, -0.2) is 0 Å². The zero-order valence-corrected chi connectivity index (χ0v) is 14.9. The number of para-hydroxylation sites is 1. The molecule has 0 fully saturated rings. The van der Waals surface area contributed by atoms with Crippen LogP contribution in [0, 0.1) is 0 Å². The fourth-order valence-electron chi connectivity index (χ4n) is 2.79. The quantitative estimate of drug-likeness (QED) is 0.776. The van der Waals surface area contributed by atoms with Gasteiger partial charge in [0.15, 0.2) is 0 Å². The van der Waals surface area contributed by atoms with Crippen molar-refractivity contribution in [3.8, 4) is 0 Å². The largest absolute Gasteiger partial charge is 0.371 e. The Kier molecular flexibility index (Phi) is 6.79. The predicted octanol–water partition coefficient (Wildman–Crippen LogP) is 4.52. The molecule has 1 amide bonds. The number of anilines is 2. The van der Waals surface area contributed by atoms with Crippen molar-refractivity contribution in [3.63, 3.8) is 0 Å². The van der Waals surface area contributed by atoms with Crippen LogP contribution in [0.25, 0.3) is 0 Å².